The van der Waals surface area contributed by atoms with Gasteiger partial charge in [0.15, 0.2) is 0 Å². The fraction of sp³-hybridized carbons (Fsp3) is 0.923. The van der Waals surface area contributed by atoms with E-state index in [0.29, 0.717) is 6.42 Å². The van der Waals surface area contributed by atoms with Gasteiger partial charge in [-0.2, -0.15) is 0 Å². The third-order valence-electron chi connectivity index (χ3n) is 4.10. The summed E-state index contributed by atoms with van der Waals surface area (Å²) >= 11 is 0. The van der Waals surface area contributed by atoms with Crippen molar-refractivity contribution in [2.24, 2.45) is 5.73 Å². The van der Waals surface area contributed by atoms with Crippen LogP contribution < -0.4 is 11.1 Å². The average molecular weight is 278 g/mol. The van der Waals surface area contributed by atoms with Crippen LogP contribution in [0.2, 0.25) is 0 Å². The number of hydrogen-bond donors (Lipinski definition) is 2. The molecule has 0 aliphatic heterocycles. The Morgan fingerprint density at radius 1 is 1.33 bits per heavy atom. The number of halogens is 1. The molecule has 0 aromatic heterocycles. The second-order valence-corrected chi connectivity index (χ2v) is 5.41. The van der Waals surface area contributed by atoms with Crippen molar-refractivity contribution in [1.29, 1.82) is 0 Å². The van der Waals surface area contributed by atoms with Gasteiger partial charge < -0.3 is 16.0 Å². The number of nitrogens with two attached hydrogens (primary N) is 1. The number of likely N-dealkylation sites (N-methyl/N-ethyl adjacent to an activating group) is 1. The normalized spacial score (nSPS) is 20.1. The molecule has 1 rings (SSSR count). The SMILES string of the molecule is CC[C@H](N)C(=O)NCC1(N(C)C)CCCCC1.Cl. The van der Waals surface area contributed by atoms with Crippen LogP contribution in [0.3, 0.4) is 0 Å². The third-order valence-corrected chi connectivity index (χ3v) is 4.10. The van der Waals surface area contributed by atoms with Crippen molar-refractivity contribution < 1.29 is 4.79 Å². The van der Waals surface area contributed by atoms with E-state index in [4.69, 9.17) is 5.73 Å². The molecule has 3 N–H and O–H groups in total. The van der Waals surface area contributed by atoms with E-state index >= 15 is 0 Å². The summed E-state index contributed by atoms with van der Waals surface area (Å²) < 4.78 is 0. The highest BCUT2D eigenvalue weighted by atomic mass is 35.5. The predicted molar refractivity (Wildman–Crippen MR) is 78.0 cm³/mol. The van der Waals surface area contributed by atoms with Crippen LogP contribution in [-0.2, 0) is 4.79 Å². The zero-order chi connectivity index (χ0) is 12.9. The van der Waals surface area contributed by atoms with Crippen molar-refractivity contribution in [2.75, 3.05) is 20.6 Å². The summed E-state index contributed by atoms with van der Waals surface area (Å²) in [6.07, 6.45) is 6.86. The van der Waals surface area contributed by atoms with Gasteiger partial charge in [-0.1, -0.05) is 26.2 Å². The van der Waals surface area contributed by atoms with E-state index in [0.717, 1.165) is 6.54 Å². The first kappa shape index (κ1) is 17.7. The molecule has 5 heteroatoms. The van der Waals surface area contributed by atoms with Crippen molar-refractivity contribution in [2.45, 2.75) is 57.0 Å². The second kappa shape index (κ2) is 7.97. The minimum absolute atomic E-state index is 0. The number of carbonyl (C=O) groups excluding carboxylic acids is 1. The summed E-state index contributed by atoms with van der Waals surface area (Å²) in [5, 5.41) is 3.02. The van der Waals surface area contributed by atoms with E-state index in [1.165, 1.54) is 32.1 Å². The molecule has 1 amide bonds. The smallest absolute Gasteiger partial charge is 0.236 e. The van der Waals surface area contributed by atoms with Crippen molar-refractivity contribution >= 4 is 18.3 Å². The number of hydrogen-bond acceptors (Lipinski definition) is 3. The largest absolute Gasteiger partial charge is 0.353 e. The highest BCUT2D eigenvalue weighted by Crippen LogP contribution is 2.31. The lowest BCUT2D eigenvalue weighted by Gasteiger charge is -2.43. The molecule has 18 heavy (non-hydrogen) atoms. The first-order chi connectivity index (χ1) is 8.02. The minimum Gasteiger partial charge on any atom is -0.353 e. The molecule has 108 valence electrons. The van der Waals surface area contributed by atoms with Gasteiger partial charge in [0, 0.05) is 12.1 Å². The van der Waals surface area contributed by atoms with E-state index in [9.17, 15) is 4.79 Å². The van der Waals surface area contributed by atoms with Gasteiger partial charge in [-0.05, 0) is 33.4 Å². The Kier molecular flexibility index (Phi) is 7.83. The maximum Gasteiger partial charge on any atom is 0.236 e. The number of rotatable bonds is 5. The van der Waals surface area contributed by atoms with Gasteiger partial charge in [0.1, 0.15) is 0 Å². The Labute approximate surface area is 117 Å². The minimum atomic E-state index is -0.363. The second-order valence-electron chi connectivity index (χ2n) is 5.41. The van der Waals surface area contributed by atoms with Gasteiger partial charge in [-0.3, -0.25) is 4.79 Å². The molecule has 1 atom stereocenters. The number of carbonyl (C=O) groups is 1. The number of nitrogens with one attached hydrogen (secondary N) is 1. The molecule has 1 aliphatic carbocycles. The summed E-state index contributed by atoms with van der Waals surface area (Å²) in [5.41, 5.74) is 5.87. The third kappa shape index (κ3) is 4.41. The Morgan fingerprint density at radius 2 is 1.89 bits per heavy atom. The van der Waals surface area contributed by atoms with Crippen LogP contribution in [0.1, 0.15) is 45.4 Å². The van der Waals surface area contributed by atoms with Crippen LogP contribution in [0, 0.1) is 0 Å². The molecule has 0 aromatic rings. The Bertz CT molecular complexity index is 253. The number of amides is 1. The highest BCUT2D eigenvalue weighted by Gasteiger charge is 2.34. The fourth-order valence-corrected chi connectivity index (χ4v) is 2.56. The first-order valence-corrected chi connectivity index (χ1v) is 6.72. The van der Waals surface area contributed by atoms with Crippen LogP contribution in [-0.4, -0.2) is 43.0 Å². The van der Waals surface area contributed by atoms with E-state index in [-0.39, 0.29) is 29.9 Å². The Hall–Kier alpha value is -0.320. The quantitative estimate of drug-likeness (QED) is 0.801. The predicted octanol–water partition coefficient (Wildman–Crippen LogP) is 1.53. The molecule has 0 spiro atoms. The zero-order valence-corrected chi connectivity index (χ0v) is 12.7. The lowest BCUT2D eigenvalue weighted by atomic mass is 9.80. The van der Waals surface area contributed by atoms with Crippen molar-refractivity contribution in [3.05, 3.63) is 0 Å². The highest BCUT2D eigenvalue weighted by molar-refractivity contribution is 5.85. The summed E-state index contributed by atoms with van der Waals surface area (Å²) in [7, 11) is 4.22. The summed E-state index contributed by atoms with van der Waals surface area (Å²) in [6.45, 7) is 2.67. The van der Waals surface area contributed by atoms with Gasteiger partial charge in [0.05, 0.1) is 6.04 Å². The van der Waals surface area contributed by atoms with E-state index in [2.05, 4.69) is 24.3 Å². The first-order valence-electron chi connectivity index (χ1n) is 6.72. The summed E-state index contributed by atoms with van der Waals surface area (Å²) in [5.74, 6) is -0.0145. The zero-order valence-electron chi connectivity index (χ0n) is 11.9. The molecule has 1 saturated carbocycles. The molecular formula is C13H28ClN3O. The molecule has 4 nitrogen and oxygen atoms in total. The Balaban J connectivity index is 0.00000289. The van der Waals surface area contributed by atoms with Crippen LogP contribution in [0.15, 0.2) is 0 Å². The molecule has 0 unspecified atom stereocenters. The lowest BCUT2D eigenvalue weighted by Crippen LogP contribution is -2.55. The molecule has 0 bridgehead atoms. The Morgan fingerprint density at radius 3 is 2.33 bits per heavy atom. The van der Waals surface area contributed by atoms with Crippen LogP contribution in [0.5, 0.6) is 0 Å². The van der Waals surface area contributed by atoms with Crippen molar-refractivity contribution in [3.63, 3.8) is 0 Å². The van der Waals surface area contributed by atoms with E-state index < -0.39 is 0 Å². The summed E-state index contributed by atoms with van der Waals surface area (Å²) in [6, 6.07) is -0.363. The molecule has 1 aliphatic rings. The topological polar surface area (TPSA) is 58.4 Å². The molecule has 0 aromatic carbocycles. The van der Waals surface area contributed by atoms with Gasteiger partial charge >= 0.3 is 0 Å². The van der Waals surface area contributed by atoms with Gasteiger partial charge in [-0.25, -0.2) is 0 Å². The van der Waals surface area contributed by atoms with Crippen LogP contribution in [0.4, 0.5) is 0 Å². The number of nitrogens with zero attached hydrogens (tertiary/aromatic N) is 1. The molecule has 0 saturated heterocycles. The van der Waals surface area contributed by atoms with Crippen LogP contribution >= 0.6 is 12.4 Å². The van der Waals surface area contributed by atoms with Gasteiger partial charge in [-0.15, -0.1) is 12.4 Å². The van der Waals surface area contributed by atoms with Crippen molar-refractivity contribution in [1.82, 2.24) is 10.2 Å². The molecular weight excluding hydrogens is 250 g/mol. The molecule has 0 radical (unpaired) electrons. The monoisotopic (exact) mass is 277 g/mol. The lowest BCUT2D eigenvalue weighted by molar-refractivity contribution is -0.123. The van der Waals surface area contributed by atoms with Gasteiger partial charge in [0.25, 0.3) is 0 Å². The van der Waals surface area contributed by atoms with Crippen molar-refractivity contribution in [3.8, 4) is 0 Å². The van der Waals surface area contributed by atoms with E-state index in [1.54, 1.807) is 0 Å². The molecule has 1 fully saturated rings. The van der Waals surface area contributed by atoms with Crippen LogP contribution in [0.25, 0.3) is 0 Å². The summed E-state index contributed by atoms with van der Waals surface area (Å²) in [4.78, 5) is 14.0. The standard InChI is InChI=1S/C13H27N3O.ClH/c1-4-11(14)12(17)15-10-13(16(2)3)8-6-5-7-9-13;/h11H,4-10,14H2,1-3H3,(H,15,17);1H/t11-;/m0./s1. The molecule has 0 heterocycles. The van der Waals surface area contributed by atoms with E-state index in [1.807, 2.05) is 6.92 Å². The maximum absolute atomic E-state index is 11.7. The maximum atomic E-state index is 11.7. The fourth-order valence-electron chi connectivity index (χ4n) is 2.56. The van der Waals surface area contributed by atoms with Gasteiger partial charge in [0.2, 0.25) is 5.91 Å². The average Bonchev–Trinajstić information content (AvgIpc) is 2.35.